The number of nitrogens with zero attached hydrogens (tertiary/aromatic N) is 2. The summed E-state index contributed by atoms with van der Waals surface area (Å²) >= 11 is 0. The molecule has 0 aliphatic carbocycles. The highest BCUT2D eigenvalue weighted by Crippen LogP contribution is 2.34. The fraction of sp³-hybridized carbons (Fsp3) is 0.333. The zero-order chi connectivity index (χ0) is 21.9. The quantitative estimate of drug-likeness (QED) is 0.690. The minimum absolute atomic E-state index is 0.103. The maximum atomic E-state index is 14.3. The van der Waals surface area contributed by atoms with Gasteiger partial charge in [-0.2, -0.15) is 13.2 Å². The molecule has 5 nitrogen and oxygen atoms in total. The van der Waals surface area contributed by atoms with E-state index in [1.807, 2.05) is 6.92 Å². The Kier molecular flexibility index (Phi) is 6.28. The number of amides is 2. The highest BCUT2D eigenvalue weighted by atomic mass is 19.4. The lowest BCUT2D eigenvalue weighted by atomic mass is 9.91. The largest absolute Gasteiger partial charge is 0.481 e. The molecule has 0 radical (unpaired) electrons. The van der Waals surface area contributed by atoms with Crippen LogP contribution in [0, 0.1) is 11.7 Å². The first-order chi connectivity index (χ1) is 14.2. The summed E-state index contributed by atoms with van der Waals surface area (Å²) in [6.07, 6.45) is -1.38. The van der Waals surface area contributed by atoms with Crippen LogP contribution in [0.2, 0.25) is 0 Å². The number of aromatic nitrogens is 1. The SMILES string of the molecule is COc1ccc(NC(=O)N2CC/C(=C\c3cccc(C(F)(F)F)c3F)C(C)C2)cn1. The monoisotopic (exact) mass is 423 g/mol. The maximum absolute atomic E-state index is 14.3. The number of ether oxygens (including phenoxy) is 1. The van der Waals surface area contributed by atoms with Crippen molar-refractivity contribution in [3.05, 3.63) is 59.0 Å². The molecule has 2 heterocycles. The molecule has 9 heteroatoms. The van der Waals surface area contributed by atoms with Crippen LogP contribution in [0.25, 0.3) is 6.08 Å². The van der Waals surface area contributed by atoms with Crippen molar-refractivity contribution in [2.24, 2.45) is 5.92 Å². The van der Waals surface area contributed by atoms with Gasteiger partial charge in [-0.25, -0.2) is 14.2 Å². The third kappa shape index (κ3) is 4.90. The second-order valence-electron chi connectivity index (χ2n) is 7.04. The Balaban J connectivity index is 1.68. The second kappa shape index (κ2) is 8.73. The van der Waals surface area contributed by atoms with E-state index in [0.717, 1.165) is 11.6 Å². The molecule has 2 amide bonds. The van der Waals surface area contributed by atoms with Gasteiger partial charge in [-0.05, 0) is 24.5 Å². The summed E-state index contributed by atoms with van der Waals surface area (Å²) in [6, 6.07) is 6.21. The number of piperidine rings is 1. The predicted octanol–water partition coefficient (Wildman–Crippen LogP) is 5.21. The third-order valence-electron chi connectivity index (χ3n) is 4.96. The molecule has 1 aromatic heterocycles. The number of anilines is 1. The number of rotatable bonds is 3. The zero-order valence-corrected chi connectivity index (χ0v) is 16.5. The van der Waals surface area contributed by atoms with Crippen LogP contribution in [-0.4, -0.2) is 36.1 Å². The summed E-state index contributed by atoms with van der Waals surface area (Å²) < 4.78 is 58.0. The van der Waals surface area contributed by atoms with Gasteiger partial charge in [-0.3, -0.25) is 0 Å². The topological polar surface area (TPSA) is 54.5 Å². The molecule has 1 atom stereocenters. The van der Waals surface area contributed by atoms with Gasteiger partial charge in [0.1, 0.15) is 5.82 Å². The van der Waals surface area contributed by atoms with Gasteiger partial charge in [0.25, 0.3) is 0 Å². The molecular weight excluding hydrogens is 402 g/mol. The van der Waals surface area contributed by atoms with Gasteiger partial charge in [0.15, 0.2) is 0 Å². The number of carbonyl (C=O) groups excluding carboxylic acids is 1. The molecular formula is C21H21F4N3O2. The van der Waals surface area contributed by atoms with Gasteiger partial charge < -0.3 is 15.0 Å². The lowest BCUT2D eigenvalue weighted by Gasteiger charge is -2.33. The van der Waals surface area contributed by atoms with E-state index in [9.17, 15) is 22.4 Å². The average molecular weight is 423 g/mol. The highest BCUT2D eigenvalue weighted by molar-refractivity contribution is 5.89. The number of pyridine rings is 1. The molecule has 1 aromatic carbocycles. The summed E-state index contributed by atoms with van der Waals surface area (Å²) in [6.45, 7) is 2.58. The van der Waals surface area contributed by atoms with E-state index in [4.69, 9.17) is 4.74 Å². The Morgan fingerprint density at radius 2 is 2.07 bits per heavy atom. The Hall–Kier alpha value is -3.10. The molecule has 1 saturated heterocycles. The first kappa shape index (κ1) is 21.6. The van der Waals surface area contributed by atoms with Gasteiger partial charge in [0.05, 0.1) is 24.6 Å². The predicted molar refractivity (Wildman–Crippen MR) is 105 cm³/mol. The van der Waals surface area contributed by atoms with E-state index in [2.05, 4.69) is 10.3 Å². The van der Waals surface area contributed by atoms with Crippen molar-refractivity contribution in [2.45, 2.75) is 19.5 Å². The van der Waals surface area contributed by atoms with Crippen LogP contribution in [0.4, 0.5) is 28.0 Å². The van der Waals surface area contributed by atoms with Crippen molar-refractivity contribution in [3.63, 3.8) is 0 Å². The lowest BCUT2D eigenvalue weighted by Crippen LogP contribution is -2.42. The van der Waals surface area contributed by atoms with Crippen molar-refractivity contribution in [1.82, 2.24) is 9.88 Å². The van der Waals surface area contributed by atoms with Crippen molar-refractivity contribution < 1.29 is 27.1 Å². The molecule has 160 valence electrons. The molecule has 3 rings (SSSR count). The van der Waals surface area contributed by atoms with Crippen LogP contribution in [0.3, 0.4) is 0 Å². The standard InChI is InChI=1S/C21H21F4N3O2/c1-13-12-28(20(29)27-16-6-7-18(30-2)26-11-16)9-8-14(13)10-15-4-3-5-17(19(15)22)21(23,24)25/h3-7,10-11,13H,8-9,12H2,1-2H3,(H,27,29)/b14-10+. The molecule has 1 fully saturated rings. The van der Waals surface area contributed by atoms with Gasteiger partial charge in [-0.1, -0.05) is 30.7 Å². The number of urea groups is 1. The van der Waals surface area contributed by atoms with Gasteiger partial charge in [0, 0.05) is 24.7 Å². The summed E-state index contributed by atoms with van der Waals surface area (Å²) in [7, 11) is 1.49. The molecule has 1 aliphatic heterocycles. The van der Waals surface area contributed by atoms with Gasteiger partial charge in [0.2, 0.25) is 5.88 Å². The second-order valence-corrected chi connectivity index (χ2v) is 7.04. The molecule has 1 unspecified atom stereocenters. The van der Waals surface area contributed by atoms with E-state index in [-0.39, 0.29) is 17.5 Å². The fourth-order valence-corrected chi connectivity index (χ4v) is 3.31. The number of hydrogen-bond acceptors (Lipinski definition) is 3. The molecule has 0 saturated carbocycles. The molecule has 30 heavy (non-hydrogen) atoms. The Bertz CT molecular complexity index is 942. The smallest absolute Gasteiger partial charge is 0.419 e. The van der Waals surface area contributed by atoms with Crippen molar-refractivity contribution >= 4 is 17.8 Å². The van der Waals surface area contributed by atoms with Crippen LogP contribution >= 0.6 is 0 Å². The number of halogens is 4. The molecule has 0 bridgehead atoms. The number of benzene rings is 1. The van der Waals surface area contributed by atoms with E-state index in [1.54, 1.807) is 17.0 Å². The maximum Gasteiger partial charge on any atom is 0.419 e. The van der Waals surface area contributed by atoms with Gasteiger partial charge in [-0.15, -0.1) is 0 Å². The molecule has 2 aromatic rings. The number of carbonyl (C=O) groups is 1. The first-order valence-electron chi connectivity index (χ1n) is 9.31. The van der Waals surface area contributed by atoms with Crippen LogP contribution in [-0.2, 0) is 6.18 Å². The van der Waals surface area contributed by atoms with Crippen LogP contribution in [0.15, 0.2) is 42.1 Å². The van der Waals surface area contributed by atoms with Crippen molar-refractivity contribution in [3.8, 4) is 5.88 Å². The fourth-order valence-electron chi connectivity index (χ4n) is 3.31. The van der Waals surface area contributed by atoms with Crippen LogP contribution in [0.5, 0.6) is 5.88 Å². The van der Waals surface area contributed by atoms with E-state index < -0.39 is 17.6 Å². The molecule has 1 N–H and O–H groups in total. The highest BCUT2D eigenvalue weighted by Gasteiger charge is 2.34. The summed E-state index contributed by atoms with van der Waals surface area (Å²) in [5.41, 5.74) is -0.0764. The van der Waals surface area contributed by atoms with E-state index in [1.165, 1.54) is 31.5 Å². The molecule has 1 aliphatic rings. The average Bonchev–Trinajstić information content (AvgIpc) is 2.70. The number of likely N-dealkylation sites (tertiary alicyclic amines) is 1. The Labute approximate surface area is 171 Å². The molecule has 0 spiro atoms. The Morgan fingerprint density at radius 3 is 2.67 bits per heavy atom. The number of nitrogens with one attached hydrogen (secondary N) is 1. The minimum atomic E-state index is -4.75. The van der Waals surface area contributed by atoms with Crippen LogP contribution in [0.1, 0.15) is 24.5 Å². The van der Waals surface area contributed by atoms with E-state index >= 15 is 0 Å². The first-order valence-corrected chi connectivity index (χ1v) is 9.31. The summed E-state index contributed by atoms with van der Waals surface area (Å²) in [5.74, 6) is -0.986. The zero-order valence-electron chi connectivity index (χ0n) is 16.5. The van der Waals surface area contributed by atoms with Crippen molar-refractivity contribution in [1.29, 1.82) is 0 Å². The number of hydrogen-bond donors (Lipinski definition) is 1. The third-order valence-corrected chi connectivity index (χ3v) is 4.96. The summed E-state index contributed by atoms with van der Waals surface area (Å²) in [5, 5.41) is 2.75. The summed E-state index contributed by atoms with van der Waals surface area (Å²) in [4.78, 5) is 18.1. The minimum Gasteiger partial charge on any atom is -0.481 e. The number of alkyl halides is 3. The number of methoxy groups -OCH3 is 1. The Morgan fingerprint density at radius 1 is 1.30 bits per heavy atom. The van der Waals surface area contributed by atoms with Gasteiger partial charge >= 0.3 is 12.2 Å². The normalized spacial score (nSPS) is 18.4. The van der Waals surface area contributed by atoms with Crippen LogP contribution < -0.4 is 10.1 Å². The lowest BCUT2D eigenvalue weighted by molar-refractivity contribution is -0.140. The van der Waals surface area contributed by atoms with Crippen molar-refractivity contribution in [2.75, 3.05) is 25.5 Å². The van der Waals surface area contributed by atoms with E-state index in [0.29, 0.717) is 31.1 Å².